The predicted molar refractivity (Wildman–Crippen MR) is 127 cm³/mol. The van der Waals surface area contributed by atoms with Crippen LogP contribution in [0.4, 0.5) is 10.5 Å². The van der Waals surface area contributed by atoms with Crippen LogP contribution in [0.15, 0.2) is 36.4 Å². The van der Waals surface area contributed by atoms with Gasteiger partial charge in [0.1, 0.15) is 17.1 Å². The molecule has 0 bridgehead atoms. The Kier molecular flexibility index (Phi) is 7.34. The number of hydrogen-bond acceptors (Lipinski definition) is 6. The molecule has 0 unspecified atom stereocenters. The number of carbonyl (C=O) groups excluding carboxylic acids is 3. The van der Waals surface area contributed by atoms with E-state index in [1.807, 2.05) is 0 Å². The number of carbonyl (C=O) groups is 3. The van der Waals surface area contributed by atoms with E-state index in [1.165, 1.54) is 17.0 Å². The molecule has 2 aromatic rings. The lowest BCUT2D eigenvalue weighted by atomic mass is 9.97. The van der Waals surface area contributed by atoms with Crippen molar-refractivity contribution in [1.29, 1.82) is 0 Å². The van der Waals surface area contributed by atoms with Crippen molar-refractivity contribution in [2.45, 2.75) is 39.2 Å². The zero-order valence-electron chi connectivity index (χ0n) is 19.9. The number of aryl methyl sites for hydroxylation is 1. The third-order valence-electron chi connectivity index (χ3n) is 5.36. The molecule has 0 saturated heterocycles. The van der Waals surface area contributed by atoms with E-state index in [0.717, 1.165) is 11.6 Å². The zero-order chi connectivity index (χ0) is 25.0. The molecule has 3 rings (SSSR count). The van der Waals surface area contributed by atoms with Crippen LogP contribution in [0.3, 0.4) is 0 Å². The standard InChI is InChI=1S/C25H31N3O6/c1-25(2,3)34-24(33)26-11-13-27(4)22(31)17-7-10-20-16(14-17)6-5-12-28(20)23(32)19-9-8-18(29)15-21(19)30/h7-10,14-15,29-30H,5-6,11-13H2,1-4H3,(H,26,33). The minimum atomic E-state index is -0.592. The summed E-state index contributed by atoms with van der Waals surface area (Å²) in [5, 5.41) is 22.2. The molecular formula is C25H31N3O6. The normalized spacial score (nSPS) is 13.1. The Balaban J connectivity index is 1.68. The first-order valence-electron chi connectivity index (χ1n) is 11.2. The summed E-state index contributed by atoms with van der Waals surface area (Å²) < 4.78 is 5.19. The van der Waals surface area contributed by atoms with Crippen LogP contribution < -0.4 is 10.2 Å². The van der Waals surface area contributed by atoms with Gasteiger partial charge >= 0.3 is 6.09 Å². The van der Waals surface area contributed by atoms with Crippen molar-refractivity contribution in [2.75, 3.05) is 31.6 Å². The summed E-state index contributed by atoms with van der Waals surface area (Å²) in [6, 6.07) is 9.07. The summed E-state index contributed by atoms with van der Waals surface area (Å²) in [6.45, 7) is 6.37. The Morgan fingerprint density at radius 2 is 1.85 bits per heavy atom. The van der Waals surface area contributed by atoms with Crippen molar-refractivity contribution in [3.8, 4) is 11.5 Å². The molecule has 1 heterocycles. The van der Waals surface area contributed by atoms with E-state index in [0.29, 0.717) is 37.2 Å². The van der Waals surface area contributed by atoms with Crippen molar-refractivity contribution >= 4 is 23.6 Å². The average Bonchev–Trinajstić information content (AvgIpc) is 2.76. The number of hydrogen-bond donors (Lipinski definition) is 3. The van der Waals surface area contributed by atoms with Gasteiger partial charge in [0.15, 0.2) is 0 Å². The smallest absolute Gasteiger partial charge is 0.407 e. The fraction of sp³-hybridized carbons (Fsp3) is 0.400. The number of phenols is 2. The van der Waals surface area contributed by atoms with E-state index in [1.54, 1.807) is 50.9 Å². The fourth-order valence-corrected chi connectivity index (χ4v) is 3.75. The molecule has 1 aliphatic rings. The maximum absolute atomic E-state index is 13.0. The Hall–Kier alpha value is -3.75. The molecule has 182 valence electrons. The second kappa shape index (κ2) is 10.0. The van der Waals surface area contributed by atoms with E-state index in [2.05, 4.69) is 5.32 Å². The minimum Gasteiger partial charge on any atom is -0.508 e. The molecule has 0 radical (unpaired) electrons. The third-order valence-corrected chi connectivity index (χ3v) is 5.36. The molecule has 3 N–H and O–H groups in total. The maximum Gasteiger partial charge on any atom is 0.407 e. The lowest BCUT2D eigenvalue weighted by Crippen LogP contribution is -2.39. The van der Waals surface area contributed by atoms with Crippen LogP contribution in [0.25, 0.3) is 0 Å². The number of alkyl carbamates (subject to hydrolysis) is 1. The molecule has 0 spiro atoms. The number of rotatable bonds is 5. The van der Waals surface area contributed by atoms with Gasteiger partial charge in [0.2, 0.25) is 0 Å². The number of benzene rings is 2. The molecule has 0 aliphatic carbocycles. The summed E-state index contributed by atoms with van der Waals surface area (Å²) in [5.74, 6) is -0.983. The SMILES string of the molecule is CN(CCNC(=O)OC(C)(C)C)C(=O)c1ccc2c(c1)CCCN2C(=O)c1ccc(O)cc1O. The Labute approximate surface area is 198 Å². The number of phenolic OH excluding ortho intramolecular Hbond substituents is 2. The highest BCUT2D eigenvalue weighted by molar-refractivity contribution is 6.08. The Morgan fingerprint density at radius 1 is 1.12 bits per heavy atom. The topological polar surface area (TPSA) is 119 Å². The van der Waals surface area contributed by atoms with Crippen molar-refractivity contribution in [1.82, 2.24) is 10.2 Å². The lowest BCUT2D eigenvalue weighted by Gasteiger charge is -2.30. The zero-order valence-corrected chi connectivity index (χ0v) is 19.9. The van der Waals surface area contributed by atoms with E-state index in [-0.39, 0.29) is 35.4 Å². The third kappa shape index (κ3) is 5.98. The molecule has 0 aromatic heterocycles. The number of nitrogens with zero attached hydrogens (tertiary/aromatic N) is 2. The highest BCUT2D eigenvalue weighted by Crippen LogP contribution is 2.32. The molecule has 2 aromatic carbocycles. The van der Waals surface area contributed by atoms with Crippen LogP contribution in [-0.2, 0) is 11.2 Å². The number of ether oxygens (including phenoxy) is 1. The first kappa shape index (κ1) is 24.9. The summed E-state index contributed by atoms with van der Waals surface area (Å²) >= 11 is 0. The van der Waals surface area contributed by atoms with Gasteiger partial charge in [-0.15, -0.1) is 0 Å². The Morgan fingerprint density at radius 3 is 2.53 bits per heavy atom. The minimum absolute atomic E-state index is 0.100. The fourth-order valence-electron chi connectivity index (χ4n) is 3.75. The van der Waals surface area contributed by atoms with E-state index < -0.39 is 11.7 Å². The van der Waals surface area contributed by atoms with Gasteiger partial charge in [-0.3, -0.25) is 9.59 Å². The molecule has 9 heteroatoms. The molecule has 0 saturated carbocycles. The van der Waals surface area contributed by atoms with Gasteiger partial charge in [-0.2, -0.15) is 0 Å². The van der Waals surface area contributed by atoms with Gasteiger partial charge in [0, 0.05) is 44.0 Å². The molecule has 9 nitrogen and oxygen atoms in total. The largest absolute Gasteiger partial charge is 0.508 e. The quantitative estimate of drug-likeness (QED) is 0.618. The van der Waals surface area contributed by atoms with Gasteiger partial charge in [-0.1, -0.05) is 0 Å². The average molecular weight is 470 g/mol. The molecule has 0 fully saturated rings. The molecule has 1 aliphatic heterocycles. The number of amides is 3. The van der Waals surface area contributed by atoms with Crippen LogP contribution in [0, 0.1) is 0 Å². The second-order valence-electron chi connectivity index (χ2n) is 9.26. The van der Waals surface area contributed by atoms with Crippen molar-refractivity contribution < 1.29 is 29.3 Å². The van der Waals surface area contributed by atoms with Gasteiger partial charge < -0.3 is 30.1 Å². The van der Waals surface area contributed by atoms with Crippen LogP contribution >= 0.6 is 0 Å². The molecule has 3 amide bonds. The highest BCUT2D eigenvalue weighted by Gasteiger charge is 2.26. The lowest BCUT2D eigenvalue weighted by molar-refractivity contribution is 0.0517. The molecule has 0 atom stereocenters. The highest BCUT2D eigenvalue weighted by atomic mass is 16.6. The van der Waals surface area contributed by atoms with E-state index in [4.69, 9.17) is 4.74 Å². The molecular weight excluding hydrogens is 438 g/mol. The summed E-state index contributed by atoms with van der Waals surface area (Å²) in [4.78, 5) is 40.8. The van der Waals surface area contributed by atoms with Crippen LogP contribution in [0.1, 0.15) is 53.5 Å². The summed E-state index contributed by atoms with van der Waals surface area (Å²) in [5.41, 5.74) is 1.55. The second-order valence-corrected chi connectivity index (χ2v) is 9.26. The number of likely N-dealkylation sites (N-methyl/N-ethyl adjacent to an activating group) is 1. The molecule has 34 heavy (non-hydrogen) atoms. The van der Waals surface area contributed by atoms with Crippen molar-refractivity contribution in [3.05, 3.63) is 53.1 Å². The van der Waals surface area contributed by atoms with Crippen molar-refractivity contribution in [3.63, 3.8) is 0 Å². The first-order chi connectivity index (χ1) is 16.0. The van der Waals surface area contributed by atoms with Gasteiger partial charge in [0.25, 0.3) is 11.8 Å². The van der Waals surface area contributed by atoms with Crippen LogP contribution in [0.2, 0.25) is 0 Å². The van der Waals surface area contributed by atoms with Gasteiger partial charge in [0.05, 0.1) is 5.56 Å². The van der Waals surface area contributed by atoms with E-state index in [9.17, 15) is 24.6 Å². The predicted octanol–water partition coefficient (Wildman–Crippen LogP) is 3.29. The number of aromatic hydroxyl groups is 2. The summed E-state index contributed by atoms with van der Waals surface area (Å²) in [7, 11) is 1.65. The monoisotopic (exact) mass is 469 g/mol. The van der Waals surface area contributed by atoms with Crippen LogP contribution in [-0.4, -0.2) is 65.3 Å². The number of nitrogens with one attached hydrogen (secondary N) is 1. The first-order valence-corrected chi connectivity index (χ1v) is 11.2. The van der Waals surface area contributed by atoms with Gasteiger partial charge in [-0.25, -0.2) is 4.79 Å². The summed E-state index contributed by atoms with van der Waals surface area (Å²) in [6.07, 6.45) is 0.892. The number of fused-ring (bicyclic) bond motifs is 1. The maximum atomic E-state index is 13.0. The number of anilines is 1. The Bertz CT molecular complexity index is 1090. The van der Waals surface area contributed by atoms with E-state index >= 15 is 0 Å². The van der Waals surface area contributed by atoms with Crippen LogP contribution in [0.5, 0.6) is 11.5 Å². The van der Waals surface area contributed by atoms with Gasteiger partial charge in [-0.05, 0) is 69.5 Å². The van der Waals surface area contributed by atoms with Crippen molar-refractivity contribution in [2.24, 2.45) is 0 Å².